The smallest absolute Gasteiger partial charge is 0.241 e. The van der Waals surface area contributed by atoms with Crippen LogP contribution in [0.5, 0.6) is 0 Å². The second kappa shape index (κ2) is 8.18. The van der Waals surface area contributed by atoms with Crippen LogP contribution in [0.2, 0.25) is 0 Å². The van der Waals surface area contributed by atoms with E-state index in [1.807, 2.05) is 39.8 Å². The Morgan fingerprint density at radius 1 is 0.938 bits per heavy atom. The highest BCUT2D eigenvalue weighted by molar-refractivity contribution is 5.80. The molecule has 0 amide bonds. The molecule has 1 saturated heterocycles. The summed E-state index contributed by atoms with van der Waals surface area (Å²) in [5.41, 5.74) is 4.21. The molecule has 1 saturated carbocycles. The Balaban J connectivity index is 1.13. The van der Waals surface area contributed by atoms with Gasteiger partial charge in [0.2, 0.25) is 5.95 Å². The SMILES string of the molecule is CN1CCN(C2CCC(Nc3ncc4c(-c5ccc6nccn6c5)ccn4n3)CC2)CC1. The Morgan fingerprint density at radius 2 is 1.78 bits per heavy atom. The van der Waals surface area contributed by atoms with E-state index in [-0.39, 0.29) is 0 Å². The van der Waals surface area contributed by atoms with Crippen molar-refractivity contribution >= 4 is 17.1 Å². The monoisotopic (exact) mass is 430 g/mol. The van der Waals surface area contributed by atoms with E-state index < -0.39 is 0 Å². The lowest BCUT2D eigenvalue weighted by Gasteiger charge is -2.41. The maximum absolute atomic E-state index is 4.74. The first-order valence-electron chi connectivity index (χ1n) is 11.7. The van der Waals surface area contributed by atoms with Crippen molar-refractivity contribution in [2.75, 3.05) is 38.5 Å². The number of rotatable bonds is 4. The number of hydrogen-bond donors (Lipinski definition) is 1. The van der Waals surface area contributed by atoms with E-state index in [2.05, 4.69) is 50.5 Å². The first-order chi connectivity index (χ1) is 15.7. The average molecular weight is 431 g/mol. The van der Waals surface area contributed by atoms with E-state index in [9.17, 15) is 0 Å². The normalized spacial score (nSPS) is 23.2. The molecule has 166 valence electrons. The topological polar surface area (TPSA) is 66.0 Å². The van der Waals surface area contributed by atoms with Gasteiger partial charge in [0.15, 0.2) is 0 Å². The third kappa shape index (κ3) is 3.73. The van der Waals surface area contributed by atoms with E-state index in [4.69, 9.17) is 5.10 Å². The first kappa shape index (κ1) is 19.7. The van der Waals surface area contributed by atoms with E-state index >= 15 is 0 Å². The van der Waals surface area contributed by atoms with Crippen LogP contribution < -0.4 is 5.32 Å². The Labute approximate surface area is 187 Å². The highest BCUT2D eigenvalue weighted by Crippen LogP contribution is 2.28. The van der Waals surface area contributed by atoms with Gasteiger partial charge >= 0.3 is 0 Å². The molecular formula is C24H30N8. The molecule has 0 radical (unpaired) electrons. The minimum absolute atomic E-state index is 0.454. The zero-order valence-corrected chi connectivity index (χ0v) is 18.6. The molecule has 8 nitrogen and oxygen atoms in total. The fraction of sp³-hybridized carbons (Fsp3) is 0.458. The number of pyridine rings is 1. The lowest BCUT2D eigenvalue weighted by atomic mass is 9.90. The van der Waals surface area contributed by atoms with Gasteiger partial charge in [-0.3, -0.25) is 4.90 Å². The molecule has 8 heteroatoms. The Hall–Kier alpha value is -2.97. The average Bonchev–Trinajstić information content (AvgIpc) is 3.46. The molecule has 1 N–H and O–H groups in total. The molecule has 0 spiro atoms. The number of nitrogens with one attached hydrogen (secondary N) is 1. The standard InChI is InChI=1S/C24H30N8/c1-29-12-14-30(15-13-29)20-5-3-19(4-6-20)27-24-26-16-22-21(8-10-32(22)28-24)18-2-7-23-25-9-11-31(23)17-18/h2,7-11,16-17,19-20H,3-6,12-15H2,1H3,(H,27,28). The molecule has 1 aliphatic heterocycles. The number of fused-ring (bicyclic) bond motifs is 2. The van der Waals surface area contributed by atoms with Gasteiger partial charge in [-0.1, -0.05) is 0 Å². The van der Waals surface area contributed by atoms with Crippen molar-refractivity contribution in [3.05, 3.63) is 49.2 Å². The highest BCUT2D eigenvalue weighted by Gasteiger charge is 2.28. The zero-order valence-electron chi connectivity index (χ0n) is 18.6. The van der Waals surface area contributed by atoms with Gasteiger partial charge in [-0.05, 0) is 50.9 Å². The Bertz CT molecular complexity index is 1210. The Morgan fingerprint density at radius 3 is 2.62 bits per heavy atom. The summed E-state index contributed by atoms with van der Waals surface area (Å²) in [7, 11) is 2.22. The zero-order chi connectivity index (χ0) is 21.5. The van der Waals surface area contributed by atoms with E-state index in [1.54, 1.807) is 0 Å². The number of likely N-dealkylation sites (N-methyl/N-ethyl adjacent to an activating group) is 1. The minimum Gasteiger partial charge on any atom is -0.350 e. The summed E-state index contributed by atoms with van der Waals surface area (Å²) in [5.74, 6) is 0.716. The second-order valence-corrected chi connectivity index (χ2v) is 9.24. The van der Waals surface area contributed by atoms with E-state index in [1.165, 1.54) is 51.9 Å². The van der Waals surface area contributed by atoms with Crippen molar-refractivity contribution in [2.24, 2.45) is 0 Å². The fourth-order valence-electron chi connectivity index (χ4n) is 5.24. The maximum Gasteiger partial charge on any atom is 0.241 e. The van der Waals surface area contributed by atoms with E-state index in [0.717, 1.165) is 28.3 Å². The molecule has 6 rings (SSSR count). The van der Waals surface area contributed by atoms with Gasteiger partial charge in [-0.25, -0.2) is 14.5 Å². The van der Waals surface area contributed by atoms with Crippen molar-refractivity contribution in [3.8, 4) is 11.1 Å². The van der Waals surface area contributed by atoms with Crippen LogP contribution in [-0.4, -0.2) is 79.1 Å². The van der Waals surface area contributed by atoms with Gasteiger partial charge < -0.3 is 14.6 Å². The molecule has 0 bridgehead atoms. The minimum atomic E-state index is 0.454. The summed E-state index contributed by atoms with van der Waals surface area (Å²) in [5, 5.41) is 8.34. The summed E-state index contributed by atoms with van der Waals surface area (Å²) >= 11 is 0. The molecule has 32 heavy (non-hydrogen) atoms. The van der Waals surface area contributed by atoms with Gasteiger partial charge in [0.25, 0.3) is 0 Å². The molecule has 2 fully saturated rings. The molecule has 5 heterocycles. The van der Waals surface area contributed by atoms with Crippen LogP contribution in [0, 0.1) is 0 Å². The highest BCUT2D eigenvalue weighted by atomic mass is 15.3. The third-order valence-corrected chi connectivity index (χ3v) is 7.20. The number of imidazole rings is 1. The van der Waals surface area contributed by atoms with Crippen LogP contribution in [0.25, 0.3) is 22.3 Å². The van der Waals surface area contributed by atoms with Gasteiger partial charge in [0.05, 0.1) is 11.7 Å². The summed E-state index contributed by atoms with van der Waals surface area (Å²) < 4.78 is 3.97. The van der Waals surface area contributed by atoms with Gasteiger partial charge in [-0.15, -0.1) is 5.10 Å². The number of piperazine rings is 1. The summed E-state index contributed by atoms with van der Waals surface area (Å²) in [6, 6.07) is 7.43. The van der Waals surface area contributed by atoms with Crippen molar-refractivity contribution in [1.82, 2.24) is 33.8 Å². The lowest BCUT2D eigenvalue weighted by molar-refractivity contribution is 0.0893. The lowest BCUT2D eigenvalue weighted by Crippen LogP contribution is -2.50. The summed E-state index contributed by atoms with van der Waals surface area (Å²) in [6.07, 6.45) is 14.7. The maximum atomic E-state index is 4.74. The second-order valence-electron chi connectivity index (χ2n) is 9.24. The van der Waals surface area contributed by atoms with Crippen LogP contribution in [0.4, 0.5) is 5.95 Å². The molecule has 0 unspecified atom stereocenters. The molecule has 4 aromatic heterocycles. The van der Waals surface area contributed by atoms with Crippen LogP contribution in [0.1, 0.15) is 25.7 Å². The van der Waals surface area contributed by atoms with Gasteiger partial charge in [-0.2, -0.15) is 0 Å². The number of aromatic nitrogens is 5. The quantitative estimate of drug-likeness (QED) is 0.537. The third-order valence-electron chi connectivity index (χ3n) is 7.20. The van der Waals surface area contributed by atoms with Crippen molar-refractivity contribution in [3.63, 3.8) is 0 Å². The van der Waals surface area contributed by atoms with E-state index in [0.29, 0.717) is 12.0 Å². The van der Waals surface area contributed by atoms with Crippen molar-refractivity contribution < 1.29 is 0 Å². The van der Waals surface area contributed by atoms with Crippen LogP contribution in [-0.2, 0) is 0 Å². The molecule has 0 aromatic carbocycles. The van der Waals surface area contributed by atoms with Crippen LogP contribution >= 0.6 is 0 Å². The van der Waals surface area contributed by atoms with Crippen LogP contribution in [0.15, 0.2) is 49.2 Å². The summed E-state index contributed by atoms with van der Waals surface area (Å²) in [4.78, 5) is 14.1. The predicted octanol–water partition coefficient (Wildman–Crippen LogP) is 3.01. The molecule has 4 aromatic rings. The van der Waals surface area contributed by atoms with Crippen molar-refractivity contribution in [1.29, 1.82) is 0 Å². The number of hydrogen-bond acceptors (Lipinski definition) is 6. The molecule has 2 aliphatic rings. The van der Waals surface area contributed by atoms with Gasteiger partial charge in [0.1, 0.15) is 5.65 Å². The summed E-state index contributed by atoms with van der Waals surface area (Å²) in [6.45, 7) is 4.81. The van der Waals surface area contributed by atoms with Crippen LogP contribution in [0.3, 0.4) is 0 Å². The largest absolute Gasteiger partial charge is 0.350 e. The number of anilines is 1. The fourth-order valence-corrected chi connectivity index (χ4v) is 5.24. The molecule has 1 aliphatic carbocycles. The van der Waals surface area contributed by atoms with Crippen molar-refractivity contribution in [2.45, 2.75) is 37.8 Å². The first-order valence-corrected chi connectivity index (χ1v) is 11.7. The molecular weight excluding hydrogens is 400 g/mol. The predicted molar refractivity (Wildman–Crippen MR) is 126 cm³/mol. The Kier molecular flexibility index (Phi) is 5.04. The molecule has 0 atom stereocenters. The number of nitrogens with zero attached hydrogens (tertiary/aromatic N) is 7. The van der Waals surface area contributed by atoms with Gasteiger partial charge in [0, 0.05) is 74.2 Å².